The third-order valence-corrected chi connectivity index (χ3v) is 4.01. The first-order valence-corrected chi connectivity index (χ1v) is 6.85. The second-order valence-corrected chi connectivity index (χ2v) is 5.29. The van der Waals surface area contributed by atoms with Crippen LogP contribution in [0.1, 0.15) is 31.2 Å². The molecule has 0 bridgehead atoms. The highest BCUT2D eigenvalue weighted by molar-refractivity contribution is 7.07. The summed E-state index contributed by atoms with van der Waals surface area (Å²) in [6.45, 7) is 0.932. The van der Waals surface area contributed by atoms with Gasteiger partial charge >= 0.3 is 5.97 Å². The van der Waals surface area contributed by atoms with E-state index in [-0.39, 0.29) is 5.91 Å². The van der Waals surface area contributed by atoms with Crippen LogP contribution in [0.2, 0.25) is 0 Å². The number of carbonyl (C=O) groups is 2. The van der Waals surface area contributed by atoms with Gasteiger partial charge in [0.15, 0.2) is 0 Å². The quantitative estimate of drug-likeness (QED) is 0.904. The zero-order valence-electron chi connectivity index (χ0n) is 10.4. The lowest BCUT2D eigenvalue weighted by atomic mass is 9.94. The van der Waals surface area contributed by atoms with Crippen LogP contribution < -0.4 is 0 Å². The fourth-order valence-electron chi connectivity index (χ4n) is 2.40. The Bertz CT molecular complexity index is 670. The number of amides is 1. The van der Waals surface area contributed by atoms with E-state index in [1.54, 1.807) is 17.0 Å². The normalized spacial score (nSPS) is 13.9. The van der Waals surface area contributed by atoms with Crippen LogP contribution in [0, 0.1) is 0 Å². The van der Waals surface area contributed by atoms with Crippen LogP contribution in [-0.4, -0.2) is 38.0 Å². The molecule has 1 aromatic heterocycles. The van der Waals surface area contributed by atoms with Gasteiger partial charge in [-0.2, -0.15) is 0 Å². The van der Waals surface area contributed by atoms with Crippen molar-refractivity contribution < 1.29 is 14.7 Å². The highest BCUT2D eigenvalue weighted by Gasteiger charge is 2.25. The minimum absolute atomic E-state index is 0.105. The molecular formula is C13H11N3O3S. The van der Waals surface area contributed by atoms with Crippen LogP contribution in [0.15, 0.2) is 24.4 Å². The van der Waals surface area contributed by atoms with Gasteiger partial charge in [0.25, 0.3) is 5.91 Å². The maximum atomic E-state index is 12.2. The molecule has 0 aliphatic carbocycles. The number of aromatic carboxylic acids is 1. The van der Waals surface area contributed by atoms with E-state index in [4.69, 9.17) is 0 Å². The molecule has 0 saturated carbocycles. The summed E-state index contributed by atoms with van der Waals surface area (Å²) in [5, 5.41) is 12.8. The molecule has 1 N–H and O–H groups in total. The van der Waals surface area contributed by atoms with E-state index in [0.717, 1.165) is 22.7 Å². The lowest BCUT2D eigenvalue weighted by Crippen LogP contribution is -2.36. The van der Waals surface area contributed by atoms with Crippen molar-refractivity contribution in [1.29, 1.82) is 0 Å². The van der Waals surface area contributed by atoms with E-state index in [1.165, 1.54) is 6.20 Å². The Balaban J connectivity index is 1.88. The predicted molar refractivity (Wildman–Crippen MR) is 71.8 cm³/mol. The van der Waals surface area contributed by atoms with Gasteiger partial charge in [0.2, 0.25) is 0 Å². The van der Waals surface area contributed by atoms with Crippen LogP contribution >= 0.6 is 11.5 Å². The minimum Gasteiger partial charge on any atom is -0.478 e. The molecule has 0 spiro atoms. The molecule has 1 aromatic carbocycles. The molecule has 2 heterocycles. The number of nitrogens with zero attached hydrogens (tertiary/aromatic N) is 3. The maximum Gasteiger partial charge on any atom is 0.335 e. The van der Waals surface area contributed by atoms with Crippen molar-refractivity contribution in [1.82, 2.24) is 14.5 Å². The monoisotopic (exact) mass is 289 g/mol. The number of aromatic nitrogens is 2. The van der Waals surface area contributed by atoms with Crippen LogP contribution in [0.4, 0.5) is 0 Å². The summed E-state index contributed by atoms with van der Waals surface area (Å²) in [7, 11) is 0. The van der Waals surface area contributed by atoms with E-state index in [9.17, 15) is 14.7 Å². The van der Waals surface area contributed by atoms with Gasteiger partial charge in [-0.1, -0.05) is 16.6 Å². The molecule has 0 atom stereocenters. The molecule has 0 unspecified atom stereocenters. The number of carbonyl (C=O) groups excluding carboxylic acids is 1. The highest BCUT2D eigenvalue weighted by Crippen LogP contribution is 2.24. The average molecular weight is 289 g/mol. The van der Waals surface area contributed by atoms with Crippen LogP contribution in [0.25, 0.3) is 0 Å². The Morgan fingerprint density at radius 2 is 2.20 bits per heavy atom. The number of hydrogen-bond acceptors (Lipinski definition) is 5. The average Bonchev–Trinajstić information content (AvgIpc) is 2.99. The van der Waals surface area contributed by atoms with E-state index in [2.05, 4.69) is 9.59 Å². The fourth-order valence-corrected chi connectivity index (χ4v) is 2.88. The summed E-state index contributed by atoms with van der Waals surface area (Å²) >= 11 is 1.07. The van der Waals surface area contributed by atoms with E-state index in [0.29, 0.717) is 30.0 Å². The molecule has 2 aromatic rings. The summed E-state index contributed by atoms with van der Waals surface area (Å²) in [5.41, 5.74) is 2.04. The van der Waals surface area contributed by atoms with Crippen LogP contribution in [0.3, 0.4) is 0 Å². The third-order valence-electron chi connectivity index (χ3n) is 3.36. The first kappa shape index (κ1) is 12.7. The molecule has 6 nitrogen and oxygen atoms in total. The van der Waals surface area contributed by atoms with E-state index in [1.807, 2.05) is 6.07 Å². The summed E-state index contributed by atoms with van der Waals surface area (Å²) in [6.07, 6.45) is 2.01. The van der Waals surface area contributed by atoms with Crippen molar-refractivity contribution in [3.05, 3.63) is 46.0 Å². The fraction of sp³-hybridized carbons (Fsp3) is 0.231. The standard InChI is InChI=1S/C13H11N3O3S/c17-12(11-6-14-15-20-11)16-5-4-9-8(7-16)2-1-3-10(9)13(18)19/h1-3,6H,4-5,7H2,(H,18,19). The van der Waals surface area contributed by atoms with Crippen molar-refractivity contribution in [2.45, 2.75) is 13.0 Å². The van der Waals surface area contributed by atoms with Gasteiger partial charge in [-0.05, 0) is 35.1 Å². The van der Waals surface area contributed by atoms with Crippen molar-refractivity contribution in [2.24, 2.45) is 0 Å². The Morgan fingerprint density at radius 3 is 2.90 bits per heavy atom. The smallest absolute Gasteiger partial charge is 0.335 e. The van der Waals surface area contributed by atoms with Crippen molar-refractivity contribution in [3.8, 4) is 0 Å². The lowest BCUT2D eigenvalue weighted by molar-refractivity contribution is 0.0694. The molecule has 1 aliphatic heterocycles. The van der Waals surface area contributed by atoms with Crippen LogP contribution in [-0.2, 0) is 13.0 Å². The zero-order valence-corrected chi connectivity index (χ0v) is 11.3. The number of benzene rings is 1. The molecule has 7 heteroatoms. The van der Waals surface area contributed by atoms with Gasteiger partial charge < -0.3 is 10.0 Å². The third kappa shape index (κ3) is 2.16. The van der Waals surface area contributed by atoms with Crippen molar-refractivity contribution >= 4 is 23.4 Å². The maximum absolute atomic E-state index is 12.2. The second kappa shape index (κ2) is 5.01. The Hall–Kier alpha value is -2.28. The summed E-state index contributed by atoms with van der Waals surface area (Å²) < 4.78 is 3.69. The molecule has 0 radical (unpaired) electrons. The molecule has 3 rings (SSSR count). The van der Waals surface area contributed by atoms with Gasteiger partial charge in [0.1, 0.15) is 4.88 Å². The van der Waals surface area contributed by atoms with Gasteiger partial charge in [-0.25, -0.2) is 4.79 Å². The number of carboxylic acids is 1. The van der Waals surface area contributed by atoms with Gasteiger partial charge in [-0.3, -0.25) is 4.79 Å². The predicted octanol–water partition coefficient (Wildman–Crippen LogP) is 1.43. The van der Waals surface area contributed by atoms with Crippen molar-refractivity contribution in [3.63, 3.8) is 0 Å². The van der Waals surface area contributed by atoms with Gasteiger partial charge in [0, 0.05) is 13.1 Å². The first-order chi connectivity index (χ1) is 9.66. The van der Waals surface area contributed by atoms with E-state index >= 15 is 0 Å². The summed E-state index contributed by atoms with van der Waals surface area (Å²) in [4.78, 5) is 25.6. The van der Waals surface area contributed by atoms with E-state index < -0.39 is 5.97 Å². The lowest BCUT2D eigenvalue weighted by Gasteiger charge is -2.29. The molecule has 0 fully saturated rings. The number of carboxylic acid groups (broad SMARTS) is 1. The SMILES string of the molecule is O=C(O)c1cccc2c1CCN(C(=O)c1cnns1)C2. The summed E-state index contributed by atoms with van der Waals surface area (Å²) in [5.74, 6) is -1.03. The summed E-state index contributed by atoms with van der Waals surface area (Å²) in [6, 6.07) is 5.18. The molecule has 1 amide bonds. The minimum atomic E-state index is -0.923. The van der Waals surface area contributed by atoms with Crippen LogP contribution in [0.5, 0.6) is 0 Å². The second-order valence-electron chi connectivity index (χ2n) is 4.51. The Kier molecular flexibility index (Phi) is 3.19. The van der Waals surface area contributed by atoms with Gasteiger partial charge in [0.05, 0.1) is 11.8 Å². The number of fused-ring (bicyclic) bond motifs is 1. The first-order valence-electron chi connectivity index (χ1n) is 6.07. The molecule has 20 heavy (non-hydrogen) atoms. The van der Waals surface area contributed by atoms with Gasteiger partial charge in [-0.15, -0.1) is 5.10 Å². The number of rotatable bonds is 2. The number of hydrogen-bond donors (Lipinski definition) is 1. The molecule has 102 valence electrons. The molecule has 1 aliphatic rings. The zero-order chi connectivity index (χ0) is 14.1. The molecule has 0 saturated heterocycles. The molecular weight excluding hydrogens is 278 g/mol. The topological polar surface area (TPSA) is 83.4 Å². The highest BCUT2D eigenvalue weighted by atomic mass is 32.1. The Labute approximate surface area is 118 Å². The largest absolute Gasteiger partial charge is 0.478 e. The Morgan fingerprint density at radius 1 is 1.35 bits per heavy atom. The van der Waals surface area contributed by atoms with Crippen molar-refractivity contribution in [2.75, 3.05) is 6.54 Å².